The molecule has 0 aromatic heterocycles. The second kappa shape index (κ2) is 8.71. The molecular weight excluding hydrogens is 340 g/mol. The van der Waals surface area contributed by atoms with Crippen LogP contribution in [-0.4, -0.2) is 35.8 Å². The lowest BCUT2D eigenvalue weighted by Gasteiger charge is -2.18. The SMILES string of the molecule is CCC[C@@H]1CN(C(=O)c2ccccc2Oc2ccccc2)C[C@H]1NC(C)=O. The van der Waals surface area contributed by atoms with Crippen molar-refractivity contribution in [1.82, 2.24) is 10.2 Å². The molecule has 1 heterocycles. The number of nitrogens with zero attached hydrogens (tertiary/aromatic N) is 1. The van der Waals surface area contributed by atoms with Gasteiger partial charge in [0.05, 0.1) is 11.6 Å². The first-order valence-corrected chi connectivity index (χ1v) is 9.46. The van der Waals surface area contributed by atoms with E-state index in [1.807, 2.05) is 53.4 Å². The zero-order chi connectivity index (χ0) is 19.2. The number of benzene rings is 2. The van der Waals surface area contributed by atoms with Crippen LogP contribution >= 0.6 is 0 Å². The number of nitrogens with one attached hydrogen (secondary N) is 1. The molecule has 142 valence electrons. The van der Waals surface area contributed by atoms with Crippen LogP contribution < -0.4 is 10.1 Å². The molecule has 1 saturated heterocycles. The quantitative estimate of drug-likeness (QED) is 0.845. The number of likely N-dealkylation sites (tertiary alicyclic amines) is 1. The van der Waals surface area contributed by atoms with Crippen LogP contribution in [0.4, 0.5) is 0 Å². The maximum Gasteiger partial charge on any atom is 0.257 e. The van der Waals surface area contributed by atoms with Crippen molar-refractivity contribution < 1.29 is 14.3 Å². The summed E-state index contributed by atoms with van der Waals surface area (Å²) in [4.78, 5) is 26.5. The summed E-state index contributed by atoms with van der Waals surface area (Å²) in [5, 5.41) is 3.00. The number of hydrogen-bond acceptors (Lipinski definition) is 3. The number of rotatable bonds is 6. The Hall–Kier alpha value is -2.82. The van der Waals surface area contributed by atoms with Gasteiger partial charge in [-0.1, -0.05) is 43.7 Å². The third-order valence-corrected chi connectivity index (χ3v) is 4.86. The highest BCUT2D eigenvalue weighted by Crippen LogP contribution is 2.29. The molecular formula is C22H26N2O3. The van der Waals surface area contributed by atoms with Crippen LogP contribution in [0.25, 0.3) is 0 Å². The maximum atomic E-state index is 13.2. The first-order chi connectivity index (χ1) is 13.1. The van der Waals surface area contributed by atoms with Gasteiger partial charge in [-0.05, 0) is 36.6 Å². The number of carbonyl (C=O) groups is 2. The number of carbonyl (C=O) groups excluding carboxylic acids is 2. The number of para-hydroxylation sites is 2. The van der Waals surface area contributed by atoms with E-state index >= 15 is 0 Å². The molecule has 1 fully saturated rings. The molecule has 1 aliphatic heterocycles. The molecule has 27 heavy (non-hydrogen) atoms. The molecule has 0 saturated carbocycles. The molecule has 5 heteroatoms. The van der Waals surface area contributed by atoms with Crippen LogP contribution in [0.15, 0.2) is 54.6 Å². The van der Waals surface area contributed by atoms with E-state index in [-0.39, 0.29) is 23.8 Å². The van der Waals surface area contributed by atoms with Crippen molar-refractivity contribution in [3.8, 4) is 11.5 Å². The summed E-state index contributed by atoms with van der Waals surface area (Å²) in [5.74, 6) is 1.41. The Balaban J connectivity index is 1.78. The van der Waals surface area contributed by atoms with Crippen molar-refractivity contribution in [3.63, 3.8) is 0 Å². The van der Waals surface area contributed by atoms with Gasteiger partial charge in [0.25, 0.3) is 5.91 Å². The average molecular weight is 366 g/mol. The van der Waals surface area contributed by atoms with Crippen LogP contribution in [-0.2, 0) is 4.79 Å². The van der Waals surface area contributed by atoms with Crippen LogP contribution in [0.2, 0.25) is 0 Å². The van der Waals surface area contributed by atoms with Gasteiger partial charge in [0.2, 0.25) is 5.91 Å². The van der Waals surface area contributed by atoms with Crippen molar-refractivity contribution in [3.05, 3.63) is 60.2 Å². The Bertz CT molecular complexity index is 791. The number of hydrogen-bond donors (Lipinski definition) is 1. The number of amides is 2. The monoisotopic (exact) mass is 366 g/mol. The smallest absolute Gasteiger partial charge is 0.257 e. The summed E-state index contributed by atoms with van der Waals surface area (Å²) in [5.41, 5.74) is 0.542. The van der Waals surface area contributed by atoms with E-state index < -0.39 is 0 Å². The van der Waals surface area contributed by atoms with E-state index in [2.05, 4.69) is 12.2 Å². The van der Waals surface area contributed by atoms with E-state index in [1.165, 1.54) is 6.92 Å². The summed E-state index contributed by atoms with van der Waals surface area (Å²) >= 11 is 0. The fourth-order valence-electron chi connectivity index (χ4n) is 3.64. The maximum absolute atomic E-state index is 13.2. The third-order valence-electron chi connectivity index (χ3n) is 4.86. The van der Waals surface area contributed by atoms with Crippen molar-refractivity contribution >= 4 is 11.8 Å². The normalized spacial score (nSPS) is 19.0. The topological polar surface area (TPSA) is 58.6 Å². The largest absolute Gasteiger partial charge is 0.457 e. The van der Waals surface area contributed by atoms with E-state index in [0.29, 0.717) is 30.2 Å². The highest BCUT2D eigenvalue weighted by molar-refractivity contribution is 5.97. The lowest BCUT2D eigenvalue weighted by molar-refractivity contribution is -0.119. The van der Waals surface area contributed by atoms with Crippen LogP contribution in [0.1, 0.15) is 37.0 Å². The van der Waals surface area contributed by atoms with E-state index in [4.69, 9.17) is 4.74 Å². The molecule has 2 amide bonds. The first kappa shape index (κ1) is 19.0. The summed E-state index contributed by atoms with van der Waals surface area (Å²) in [6.45, 7) is 4.83. The van der Waals surface area contributed by atoms with Gasteiger partial charge in [0.15, 0.2) is 0 Å². The molecule has 0 radical (unpaired) electrons. The zero-order valence-electron chi connectivity index (χ0n) is 15.9. The van der Waals surface area contributed by atoms with Crippen LogP contribution in [0.3, 0.4) is 0 Å². The second-order valence-electron chi connectivity index (χ2n) is 6.98. The summed E-state index contributed by atoms with van der Waals surface area (Å²) in [7, 11) is 0. The van der Waals surface area contributed by atoms with Crippen molar-refractivity contribution in [1.29, 1.82) is 0 Å². The Kier molecular flexibility index (Phi) is 6.12. The molecule has 1 aliphatic rings. The zero-order valence-corrected chi connectivity index (χ0v) is 15.9. The van der Waals surface area contributed by atoms with Gasteiger partial charge < -0.3 is 15.0 Å². The van der Waals surface area contributed by atoms with Gasteiger partial charge in [-0.15, -0.1) is 0 Å². The molecule has 1 N–H and O–H groups in total. The number of ether oxygens (including phenoxy) is 1. The van der Waals surface area contributed by atoms with Gasteiger partial charge in [-0.2, -0.15) is 0 Å². The van der Waals surface area contributed by atoms with Gasteiger partial charge in [-0.25, -0.2) is 0 Å². The standard InChI is InChI=1S/C22H26N2O3/c1-3-9-17-14-24(15-20(17)23-16(2)25)22(26)19-12-7-8-13-21(19)27-18-10-5-4-6-11-18/h4-8,10-13,17,20H,3,9,14-15H2,1-2H3,(H,23,25)/t17-,20-/m1/s1. The molecule has 0 spiro atoms. The summed E-state index contributed by atoms with van der Waals surface area (Å²) in [6, 6.07) is 16.8. The second-order valence-corrected chi connectivity index (χ2v) is 6.98. The van der Waals surface area contributed by atoms with Crippen molar-refractivity contribution in [2.45, 2.75) is 32.7 Å². The minimum atomic E-state index is -0.0597. The molecule has 0 aliphatic carbocycles. The first-order valence-electron chi connectivity index (χ1n) is 9.46. The van der Waals surface area contributed by atoms with Gasteiger partial charge in [-0.3, -0.25) is 9.59 Å². The van der Waals surface area contributed by atoms with Crippen molar-refractivity contribution in [2.24, 2.45) is 5.92 Å². The highest BCUT2D eigenvalue weighted by atomic mass is 16.5. The average Bonchev–Trinajstić information content (AvgIpc) is 3.05. The Morgan fingerprint density at radius 3 is 2.48 bits per heavy atom. The van der Waals surface area contributed by atoms with Crippen LogP contribution in [0, 0.1) is 5.92 Å². The third kappa shape index (κ3) is 4.67. The molecule has 2 aromatic rings. The van der Waals surface area contributed by atoms with Gasteiger partial charge in [0, 0.05) is 20.0 Å². The van der Waals surface area contributed by atoms with E-state index in [0.717, 1.165) is 12.8 Å². The molecule has 2 aromatic carbocycles. The van der Waals surface area contributed by atoms with Gasteiger partial charge in [0.1, 0.15) is 11.5 Å². The summed E-state index contributed by atoms with van der Waals surface area (Å²) < 4.78 is 5.94. The Morgan fingerprint density at radius 1 is 1.07 bits per heavy atom. The minimum absolute atomic E-state index is 0.00797. The predicted octanol–water partition coefficient (Wildman–Crippen LogP) is 3.86. The van der Waals surface area contributed by atoms with Crippen molar-refractivity contribution in [2.75, 3.05) is 13.1 Å². The lowest BCUT2D eigenvalue weighted by atomic mass is 9.98. The van der Waals surface area contributed by atoms with E-state index in [1.54, 1.807) is 6.07 Å². The van der Waals surface area contributed by atoms with E-state index in [9.17, 15) is 9.59 Å². The Morgan fingerprint density at radius 2 is 1.78 bits per heavy atom. The summed E-state index contributed by atoms with van der Waals surface area (Å²) in [6.07, 6.45) is 2.01. The molecule has 0 unspecified atom stereocenters. The highest BCUT2D eigenvalue weighted by Gasteiger charge is 2.36. The molecule has 5 nitrogen and oxygen atoms in total. The fraction of sp³-hybridized carbons (Fsp3) is 0.364. The predicted molar refractivity (Wildman–Crippen MR) is 105 cm³/mol. The minimum Gasteiger partial charge on any atom is -0.457 e. The fourth-order valence-corrected chi connectivity index (χ4v) is 3.64. The molecule has 3 rings (SSSR count). The van der Waals surface area contributed by atoms with Crippen LogP contribution in [0.5, 0.6) is 11.5 Å². The molecule has 2 atom stereocenters. The molecule has 0 bridgehead atoms. The van der Waals surface area contributed by atoms with Gasteiger partial charge >= 0.3 is 0 Å². The Labute approximate surface area is 160 Å². The lowest BCUT2D eigenvalue weighted by Crippen LogP contribution is -2.39.